The summed E-state index contributed by atoms with van der Waals surface area (Å²) in [5, 5.41) is 7.65. The Morgan fingerprint density at radius 2 is 1.30 bits per heavy atom. The Labute approximate surface area is 148 Å². The van der Waals surface area contributed by atoms with Gasteiger partial charge in [0.05, 0.1) is 15.7 Å². The van der Waals surface area contributed by atoms with Crippen LogP contribution in [0.25, 0.3) is 0 Å². The van der Waals surface area contributed by atoms with E-state index in [0.29, 0.717) is 24.6 Å². The van der Waals surface area contributed by atoms with Gasteiger partial charge in [0.25, 0.3) is 0 Å². The maximum Gasteiger partial charge on any atom is 0.113 e. The average Bonchev–Trinajstić information content (AvgIpc) is 2.52. The first-order chi connectivity index (χ1) is 10.7. The van der Waals surface area contributed by atoms with Gasteiger partial charge in [0.15, 0.2) is 0 Å². The molecule has 0 aliphatic carbocycles. The molecule has 102 valence electrons. The van der Waals surface area contributed by atoms with Crippen molar-refractivity contribution < 1.29 is 5.11 Å². The maximum absolute atomic E-state index is 9.05. The fourth-order valence-electron chi connectivity index (χ4n) is 3.21. The second-order valence-electron chi connectivity index (χ2n) is 6.21. The summed E-state index contributed by atoms with van der Waals surface area (Å²) >= 11 is 0. The van der Waals surface area contributed by atoms with Gasteiger partial charge in [-0.25, -0.2) is 0 Å². The number of rotatable bonds is 4. The van der Waals surface area contributed by atoms with E-state index in [0.717, 1.165) is 19.3 Å². The molecule has 1 heterocycles. The quantitative estimate of drug-likeness (QED) is 0.562. The van der Waals surface area contributed by atoms with Crippen molar-refractivity contribution in [3.8, 4) is 0 Å². The molecule has 23 heavy (non-hydrogen) atoms. The molecular weight excluding hydrogens is 274 g/mol. The van der Waals surface area contributed by atoms with Crippen molar-refractivity contribution >= 4 is 82.2 Å². The standard InChI is InChI=1S/C14H14B7NO/c15-9-8(10(16)12(18)13(19)11(9)17)14(20,21)22-4-1-7(2-5-22)3-6-23/h7,23H,1-6H2. The Bertz CT molecular complexity index is 556. The summed E-state index contributed by atoms with van der Waals surface area (Å²) in [7, 11) is 42.4. The summed E-state index contributed by atoms with van der Waals surface area (Å²) in [6, 6.07) is 0. The molecule has 1 aromatic carbocycles. The van der Waals surface area contributed by atoms with E-state index in [1.165, 1.54) is 0 Å². The third-order valence-corrected chi connectivity index (χ3v) is 4.77. The predicted octanol–water partition coefficient (Wildman–Crippen LogP) is -4.80. The third-order valence-electron chi connectivity index (χ3n) is 4.77. The van der Waals surface area contributed by atoms with E-state index in [4.69, 9.17) is 60.0 Å². The van der Waals surface area contributed by atoms with E-state index in [1.807, 2.05) is 4.90 Å². The van der Waals surface area contributed by atoms with Crippen molar-refractivity contribution in [3.05, 3.63) is 5.56 Å². The van der Waals surface area contributed by atoms with Gasteiger partial charge in [-0.3, -0.25) is 0 Å². The molecule has 2 rings (SSSR count). The number of hydrogen-bond donors (Lipinski definition) is 1. The zero-order valence-corrected chi connectivity index (χ0v) is 13.3. The minimum absolute atomic E-state index is 0.140. The highest BCUT2D eigenvalue weighted by atomic mass is 16.3. The van der Waals surface area contributed by atoms with Crippen molar-refractivity contribution in [2.45, 2.75) is 24.6 Å². The molecule has 1 saturated heterocycles. The summed E-state index contributed by atoms with van der Waals surface area (Å²) in [4.78, 5) is 1.90. The molecule has 1 aromatic rings. The highest BCUT2D eigenvalue weighted by molar-refractivity contribution is 6.68. The number of benzene rings is 1. The number of nitrogens with zero attached hydrogens (tertiary/aromatic N) is 1. The topological polar surface area (TPSA) is 23.5 Å². The van der Waals surface area contributed by atoms with Crippen molar-refractivity contribution in [2.75, 3.05) is 19.7 Å². The Hall–Kier alpha value is -0.405. The maximum atomic E-state index is 9.05. The summed E-state index contributed by atoms with van der Waals surface area (Å²) in [6.07, 6.45) is 2.55. The highest BCUT2D eigenvalue weighted by Gasteiger charge is 2.33. The molecular formula is C14H14B7NO. The van der Waals surface area contributed by atoms with Gasteiger partial charge >= 0.3 is 0 Å². The fourth-order valence-corrected chi connectivity index (χ4v) is 3.21. The monoisotopic (exact) mass is 289 g/mol. The van der Waals surface area contributed by atoms with Crippen LogP contribution in [0.5, 0.6) is 0 Å². The van der Waals surface area contributed by atoms with Gasteiger partial charge in [0, 0.05) is 6.61 Å². The van der Waals surface area contributed by atoms with E-state index in [9.17, 15) is 0 Å². The number of hydrogen-bond acceptors (Lipinski definition) is 2. The second kappa shape index (κ2) is 7.23. The van der Waals surface area contributed by atoms with Crippen LogP contribution in [0, 0.1) is 5.92 Å². The first-order valence-corrected chi connectivity index (χ1v) is 7.67. The molecule has 0 spiro atoms. The van der Waals surface area contributed by atoms with E-state index in [1.54, 1.807) is 0 Å². The smallest absolute Gasteiger partial charge is 0.113 e. The van der Waals surface area contributed by atoms with Crippen molar-refractivity contribution in [1.82, 2.24) is 4.90 Å². The van der Waals surface area contributed by atoms with Gasteiger partial charge in [-0.15, -0.1) is 27.3 Å². The third kappa shape index (κ3) is 3.51. The van der Waals surface area contributed by atoms with Crippen molar-refractivity contribution in [3.63, 3.8) is 0 Å². The second-order valence-corrected chi connectivity index (χ2v) is 6.21. The Morgan fingerprint density at radius 1 is 0.870 bits per heavy atom. The normalized spacial score (nSPS) is 17.4. The zero-order chi connectivity index (χ0) is 17.4. The summed E-state index contributed by atoms with van der Waals surface area (Å²) in [6.45, 7) is 1.52. The molecule has 14 radical (unpaired) electrons. The lowest BCUT2D eigenvalue weighted by atomic mass is 9.48. The molecule has 1 N–H and O–H groups in total. The van der Waals surface area contributed by atoms with Gasteiger partial charge in [-0.05, 0) is 43.6 Å². The molecule has 1 aliphatic heterocycles. The molecule has 9 heteroatoms. The van der Waals surface area contributed by atoms with Crippen LogP contribution in [-0.4, -0.2) is 84.6 Å². The first kappa shape index (κ1) is 18.9. The minimum Gasteiger partial charge on any atom is -0.396 e. The van der Waals surface area contributed by atoms with E-state index >= 15 is 0 Å². The van der Waals surface area contributed by atoms with Gasteiger partial charge in [-0.2, -0.15) is 0 Å². The number of aliphatic hydroxyl groups excluding tert-OH is 1. The lowest BCUT2D eigenvalue weighted by molar-refractivity contribution is 0.132. The number of piperidine rings is 1. The lowest BCUT2D eigenvalue weighted by Crippen LogP contribution is -2.63. The summed E-state index contributed by atoms with van der Waals surface area (Å²) in [5.74, 6) is 0.461. The van der Waals surface area contributed by atoms with Gasteiger partial charge in [-0.1, -0.05) is 5.56 Å². The van der Waals surface area contributed by atoms with E-state index in [2.05, 4.69) is 0 Å². The number of likely N-dealkylation sites (tertiary alicyclic amines) is 1. The Morgan fingerprint density at radius 3 is 1.74 bits per heavy atom. The predicted molar refractivity (Wildman–Crippen MR) is 103 cm³/mol. The van der Waals surface area contributed by atoms with E-state index < -0.39 is 5.34 Å². The molecule has 0 bridgehead atoms. The van der Waals surface area contributed by atoms with Crippen molar-refractivity contribution in [1.29, 1.82) is 0 Å². The van der Waals surface area contributed by atoms with E-state index in [-0.39, 0.29) is 33.9 Å². The largest absolute Gasteiger partial charge is 0.396 e. The number of aliphatic hydroxyl groups is 1. The Balaban J connectivity index is 2.34. The van der Waals surface area contributed by atoms with Gasteiger partial charge < -0.3 is 10.0 Å². The zero-order valence-electron chi connectivity index (χ0n) is 13.3. The SMILES string of the molecule is [B]c1c([B])c([B])c(C([B])([B])N2CCC(CCO)CC2)c([B])c1[B]. The average molecular weight is 288 g/mol. The molecule has 0 amide bonds. The Kier molecular flexibility index (Phi) is 5.95. The van der Waals surface area contributed by atoms with Crippen LogP contribution in [0.3, 0.4) is 0 Å². The molecule has 0 unspecified atom stereocenters. The minimum atomic E-state index is -1.39. The van der Waals surface area contributed by atoms with Crippen LogP contribution < -0.4 is 27.3 Å². The van der Waals surface area contributed by atoms with Crippen LogP contribution in [0.4, 0.5) is 0 Å². The molecule has 2 nitrogen and oxygen atoms in total. The highest BCUT2D eigenvalue weighted by Crippen LogP contribution is 2.27. The van der Waals surface area contributed by atoms with Crippen LogP contribution in [0.15, 0.2) is 0 Å². The van der Waals surface area contributed by atoms with Gasteiger partial charge in [0.1, 0.15) is 39.2 Å². The lowest BCUT2D eigenvalue weighted by Gasteiger charge is -2.47. The molecule has 0 aromatic heterocycles. The molecule has 0 saturated carbocycles. The van der Waals surface area contributed by atoms with Crippen LogP contribution in [-0.2, 0) is 5.34 Å². The summed E-state index contributed by atoms with van der Waals surface area (Å²) < 4.78 is 0. The molecule has 1 aliphatic rings. The van der Waals surface area contributed by atoms with Crippen LogP contribution in [0.2, 0.25) is 0 Å². The van der Waals surface area contributed by atoms with Gasteiger partial charge in [0.2, 0.25) is 0 Å². The van der Waals surface area contributed by atoms with Crippen molar-refractivity contribution in [2.24, 2.45) is 5.92 Å². The van der Waals surface area contributed by atoms with Crippen LogP contribution in [0.1, 0.15) is 24.8 Å². The summed E-state index contributed by atoms with van der Waals surface area (Å²) in [5.41, 5.74) is 1.06. The molecule has 0 atom stereocenters. The fraction of sp³-hybridized carbons (Fsp3) is 0.571. The first-order valence-electron chi connectivity index (χ1n) is 7.67. The van der Waals surface area contributed by atoms with Crippen LogP contribution >= 0.6 is 0 Å². The molecule has 1 fully saturated rings.